The second-order valence-corrected chi connectivity index (χ2v) is 15.7. The van der Waals surface area contributed by atoms with E-state index in [0.717, 1.165) is 9.91 Å². The van der Waals surface area contributed by atoms with E-state index in [2.05, 4.69) is 5.43 Å². The Labute approximate surface area is 335 Å². The highest BCUT2D eigenvalue weighted by Gasteiger charge is 2.71. The zero-order valence-corrected chi connectivity index (χ0v) is 31.7. The summed E-state index contributed by atoms with van der Waals surface area (Å²) in [4.78, 5) is 72.3. The summed E-state index contributed by atoms with van der Waals surface area (Å²) in [5.74, 6) is -6.58. The molecule has 4 aromatic carbocycles. The number of fused-ring (bicyclic) bond motifs is 5. The Balaban J connectivity index is 1.23. The van der Waals surface area contributed by atoms with Gasteiger partial charge in [0.2, 0.25) is 11.8 Å². The van der Waals surface area contributed by atoms with Crippen LogP contribution in [0.1, 0.15) is 34.3 Å². The van der Waals surface area contributed by atoms with Crippen molar-refractivity contribution in [3.63, 3.8) is 0 Å². The van der Waals surface area contributed by atoms with E-state index in [-0.39, 0.29) is 47.0 Å². The Morgan fingerprint density at radius 2 is 1.72 bits per heavy atom. The SMILES string of the molecule is COc1ccc(C23C(=O)N(Nc4ccc(Cl)cc4Cl)C(=O)C2CC2C(=CCC4C(=O)N(c5cccc(C(=O)O)c5)C(=O)C42)C3C2=COc3ccc(O)cc3C2)cc1. The Morgan fingerprint density at radius 1 is 0.930 bits per heavy atom. The number of carboxylic acids is 1. The average molecular weight is 807 g/mol. The molecular formula is C43H33Cl2N3O9. The fraction of sp³-hybridized carbons (Fsp3) is 0.233. The Bertz CT molecular complexity index is 2500. The minimum absolute atomic E-state index is 0.0204. The van der Waals surface area contributed by atoms with Gasteiger partial charge in [-0.2, -0.15) is 5.01 Å². The van der Waals surface area contributed by atoms with E-state index in [1.54, 1.807) is 54.8 Å². The number of benzene rings is 4. The van der Waals surface area contributed by atoms with Crippen molar-refractivity contribution in [1.29, 1.82) is 0 Å². The Hall–Kier alpha value is -6.11. The minimum Gasteiger partial charge on any atom is -0.508 e. The molecule has 4 aromatic rings. The standard InChI is InChI=1S/C43H33Cl2N3O9/c1-56-28-9-5-24(6-10-28)43-32(39(51)48(42(43)55)46-34-13-7-25(44)18-33(34)45)19-31-29(37(43)23-15-22-17-27(49)8-14-35(22)57-20-23)11-12-30-36(31)40(52)47(38(30)50)26-4-2-3-21(16-26)41(53)54/h2-11,13-14,16-18,20,30-32,36-37,46,49H,12,15,19H2,1H3,(H,53,54). The lowest BCUT2D eigenvalue weighted by Crippen LogP contribution is -2.55. The van der Waals surface area contributed by atoms with Crippen LogP contribution in [0.3, 0.4) is 0 Å². The summed E-state index contributed by atoms with van der Waals surface area (Å²) < 4.78 is 11.7. The number of nitrogens with one attached hydrogen (secondary N) is 1. The number of nitrogens with zero attached hydrogens (tertiary/aromatic N) is 2. The van der Waals surface area contributed by atoms with Crippen LogP contribution in [0.5, 0.6) is 17.2 Å². The molecule has 3 aliphatic heterocycles. The predicted octanol–water partition coefficient (Wildman–Crippen LogP) is 6.95. The third-order valence-electron chi connectivity index (χ3n) is 12.1. The van der Waals surface area contributed by atoms with Gasteiger partial charge in [-0.05, 0) is 96.6 Å². The number of carbonyl (C=O) groups excluding carboxylic acids is 4. The largest absolute Gasteiger partial charge is 0.508 e. The average Bonchev–Trinajstić information content (AvgIpc) is 3.59. The number of methoxy groups -OCH3 is 1. The normalized spacial score (nSPS) is 26.1. The van der Waals surface area contributed by atoms with Crippen LogP contribution in [-0.2, 0) is 31.0 Å². The van der Waals surface area contributed by atoms with E-state index in [1.807, 2.05) is 6.08 Å². The van der Waals surface area contributed by atoms with Crippen LogP contribution in [0.15, 0.2) is 108 Å². The number of halogens is 2. The molecule has 3 fully saturated rings. The molecule has 57 heavy (non-hydrogen) atoms. The van der Waals surface area contributed by atoms with Crippen molar-refractivity contribution in [1.82, 2.24) is 5.01 Å². The van der Waals surface area contributed by atoms with Gasteiger partial charge in [0.05, 0.1) is 58.5 Å². The number of amides is 4. The van der Waals surface area contributed by atoms with Crippen LogP contribution in [0.25, 0.3) is 0 Å². The van der Waals surface area contributed by atoms with Gasteiger partial charge in [0, 0.05) is 22.9 Å². The smallest absolute Gasteiger partial charge is 0.335 e. The first kappa shape index (κ1) is 36.5. The summed E-state index contributed by atoms with van der Waals surface area (Å²) in [5.41, 5.74) is 4.21. The summed E-state index contributed by atoms with van der Waals surface area (Å²) >= 11 is 12.7. The zero-order chi connectivity index (χ0) is 39.9. The molecule has 2 saturated heterocycles. The summed E-state index contributed by atoms with van der Waals surface area (Å²) in [7, 11) is 1.53. The monoisotopic (exact) mass is 805 g/mol. The number of hydrazine groups is 1. The molecule has 0 aromatic heterocycles. The number of phenolic OH excluding ortho intramolecular Hbond substituents is 1. The number of imide groups is 2. The van der Waals surface area contributed by atoms with Crippen molar-refractivity contribution in [3.05, 3.63) is 135 Å². The molecule has 14 heteroatoms. The molecule has 288 valence electrons. The van der Waals surface area contributed by atoms with Crippen molar-refractivity contribution in [2.45, 2.75) is 24.7 Å². The van der Waals surface area contributed by atoms with E-state index < -0.39 is 64.6 Å². The third-order valence-corrected chi connectivity index (χ3v) is 12.6. The maximum Gasteiger partial charge on any atom is 0.335 e. The van der Waals surface area contributed by atoms with Gasteiger partial charge in [-0.3, -0.25) is 29.5 Å². The fourth-order valence-electron chi connectivity index (χ4n) is 9.69. The molecule has 0 bridgehead atoms. The van der Waals surface area contributed by atoms with Crippen molar-refractivity contribution in [2.24, 2.45) is 29.6 Å². The van der Waals surface area contributed by atoms with Gasteiger partial charge in [-0.25, -0.2) is 4.79 Å². The molecule has 6 atom stereocenters. The van der Waals surface area contributed by atoms with Gasteiger partial charge in [0.15, 0.2) is 0 Å². The quantitative estimate of drug-likeness (QED) is 0.132. The molecule has 5 aliphatic rings. The number of rotatable bonds is 7. The molecule has 2 aliphatic carbocycles. The van der Waals surface area contributed by atoms with E-state index in [4.69, 9.17) is 32.7 Å². The van der Waals surface area contributed by atoms with Gasteiger partial charge in [-0.1, -0.05) is 53.1 Å². The van der Waals surface area contributed by atoms with Crippen LogP contribution >= 0.6 is 23.2 Å². The lowest BCUT2D eigenvalue weighted by molar-refractivity contribution is -0.139. The molecule has 12 nitrogen and oxygen atoms in total. The lowest BCUT2D eigenvalue weighted by atomic mass is 9.48. The zero-order valence-electron chi connectivity index (χ0n) is 30.1. The maximum absolute atomic E-state index is 15.5. The molecular weight excluding hydrogens is 773 g/mol. The fourth-order valence-corrected chi connectivity index (χ4v) is 10.1. The van der Waals surface area contributed by atoms with Crippen molar-refractivity contribution >= 4 is 64.2 Å². The van der Waals surface area contributed by atoms with E-state index >= 15 is 9.59 Å². The molecule has 0 radical (unpaired) electrons. The molecule has 6 unspecified atom stereocenters. The summed E-state index contributed by atoms with van der Waals surface area (Å²) in [6.45, 7) is 0. The van der Waals surface area contributed by atoms with Gasteiger partial charge < -0.3 is 19.7 Å². The van der Waals surface area contributed by atoms with Crippen LogP contribution in [-0.4, -0.2) is 51.9 Å². The van der Waals surface area contributed by atoms with Crippen molar-refractivity contribution in [3.8, 4) is 17.2 Å². The minimum atomic E-state index is -1.60. The van der Waals surface area contributed by atoms with Gasteiger partial charge in [-0.15, -0.1) is 0 Å². The first-order valence-electron chi connectivity index (χ1n) is 18.3. The summed E-state index contributed by atoms with van der Waals surface area (Å²) in [6.07, 6.45) is 3.92. The number of phenols is 1. The topological polar surface area (TPSA) is 163 Å². The van der Waals surface area contributed by atoms with Crippen LogP contribution in [0.2, 0.25) is 10.0 Å². The number of ether oxygens (including phenoxy) is 2. The number of allylic oxidation sites excluding steroid dienone is 3. The highest BCUT2D eigenvalue weighted by Crippen LogP contribution is 2.63. The maximum atomic E-state index is 15.5. The predicted molar refractivity (Wildman–Crippen MR) is 208 cm³/mol. The Kier molecular flexibility index (Phi) is 8.67. The first-order chi connectivity index (χ1) is 27.4. The summed E-state index contributed by atoms with van der Waals surface area (Å²) in [6, 6.07) is 22.0. The molecule has 9 rings (SSSR count). The number of hydrogen-bond donors (Lipinski definition) is 3. The van der Waals surface area contributed by atoms with Crippen LogP contribution in [0, 0.1) is 29.6 Å². The number of aromatic carboxylic acids is 1. The highest BCUT2D eigenvalue weighted by atomic mass is 35.5. The van der Waals surface area contributed by atoms with Crippen molar-refractivity contribution in [2.75, 3.05) is 17.4 Å². The molecule has 3 heterocycles. The number of hydrogen-bond acceptors (Lipinski definition) is 9. The second kappa shape index (κ2) is 13.5. The van der Waals surface area contributed by atoms with Gasteiger partial charge >= 0.3 is 5.97 Å². The lowest BCUT2D eigenvalue weighted by Gasteiger charge is -2.51. The van der Waals surface area contributed by atoms with Crippen LogP contribution in [0.4, 0.5) is 11.4 Å². The van der Waals surface area contributed by atoms with Crippen LogP contribution < -0.4 is 19.8 Å². The van der Waals surface area contributed by atoms with Crippen molar-refractivity contribution < 1.29 is 43.7 Å². The number of carboxylic acid groups (broad SMARTS) is 1. The molecule has 3 N–H and O–H groups in total. The number of carbonyl (C=O) groups is 5. The van der Waals surface area contributed by atoms with Gasteiger partial charge in [0.1, 0.15) is 17.2 Å². The summed E-state index contributed by atoms with van der Waals surface area (Å²) in [5, 5.41) is 21.7. The Morgan fingerprint density at radius 3 is 2.46 bits per heavy atom. The first-order valence-corrected chi connectivity index (χ1v) is 19.0. The second-order valence-electron chi connectivity index (χ2n) is 14.9. The molecule has 4 amide bonds. The van der Waals surface area contributed by atoms with E-state index in [9.17, 15) is 24.6 Å². The van der Waals surface area contributed by atoms with E-state index in [0.29, 0.717) is 38.8 Å². The molecule has 0 spiro atoms. The molecule has 1 saturated carbocycles. The third kappa shape index (κ3) is 5.53. The van der Waals surface area contributed by atoms with E-state index in [1.165, 1.54) is 43.5 Å². The highest BCUT2D eigenvalue weighted by molar-refractivity contribution is 6.36. The number of aromatic hydroxyl groups is 1. The van der Waals surface area contributed by atoms with Gasteiger partial charge in [0.25, 0.3) is 11.8 Å². The number of anilines is 2.